The van der Waals surface area contributed by atoms with Crippen LogP contribution >= 0.6 is 34.8 Å². The van der Waals surface area contributed by atoms with Crippen molar-refractivity contribution in [1.29, 1.82) is 0 Å². The van der Waals surface area contributed by atoms with Gasteiger partial charge in [0.2, 0.25) is 0 Å². The second-order valence-electron chi connectivity index (χ2n) is 5.90. The molecule has 0 saturated carbocycles. The molecule has 0 aliphatic carbocycles. The third kappa shape index (κ3) is 5.55. The fourth-order valence-electron chi connectivity index (χ4n) is 2.30. The van der Waals surface area contributed by atoms with E-state index in [0.29, 0.717) is 38.0 Å². The minimum Gasteiger partial charge on any atom is -0.479 e. The van der Waals surface area contributed by atoms with Crippen molar-refractivity contribution in [1.82, 2.24) is 0 Å². The zero-order valence-electron chi connectivity index (χ0n) is 14.8. The van der Waals surface area contributed by atoms with Crippen molar-refractivity contribution in [3.05, 3.63) is 81.8 Å². The van der Waals surface area contributed by atoms with Crippen LogP contribution in [-0.4, -0.2) is 12.0 Å². The molecule has 3 aromatic rings. The molecule has 0 radical (unpaired) electrons. The van der Waals surface area contributed by atoms with Crippen LogP contribution in [0.5, 0.6) is 17.2 Å². The van der Waals surface area contributed by atoms with E-state index in [0.717, 1.165) is 0 Å². The first-order valence-electron chi connectivity index (χ1n) is 8.37. The van der Waals surface area contributed by atoms with Gasteiger partial charge < -0.3 is 14.8 Å². The molecule has 3 aromatic carbocycles. The van der Waals surface area contributed by atoms with Crippen molar-refractivity contribution in [2.45, 2.75) is 13.0 Å². The van der Waals surface area contributed by atoms with Crippen LogP contribution in [0.3, 0.4) is 0 Å². The van der Waals surface area contributed by atoms with E-state index in [1.807, 2.05) is 0 Å². The van der Waals surface area contributed by atoms with Crippen LogP contribution in [0.25, 0.3) is 0 Å². The van der Waals surface area contributed by atoms with Gasteiger partial charge in [0.1, 0.15) is 17.2 Å². The number of carbonyl (C=O) groups is 1. The van der Waals surface area contributed by atoms with Gasteiger partial charge in [0.05, 0.1) is 5.02 Å². The lowest BCUT2D eigenvalue weighted by Gasteiger charge is -2.16. The molecule has 4 nitrogen and oxygen atoms in total. The topological polar surface area (TPSA) is 47.6 Å². The molecule has 0 aliphatic heterocycles. The number of hydrogen-bond donors (Lipinski definition) is 1. The predicted molar refractivity (Wildman–Crippen MR) is 113 cm³/mol. The van der Waals surface area contributed by atoms with Crippen molar-refractivity contribution in [3.63, 3.8) is 0 Å². The second-order valence-corrected chi connectivity index (χ2v) is 7.18. The quantitative estimate of drug-likeness (QED) is 0.460. The van der Waals surface area contributed by atoms with Crippen LogP contribution in [0, 0.1) is 0 Å². The van der Waals surface area contributed by atoms with Gasteiger partial charge in [-0.05, 0) is 73.7 Å². The number of rotatable bonds is 6. The Balaban J connectivity index is 1.58. The van der Waals surface area contributed by atoms with Gasteiger partial charge in [0.25, 0.3) is 5.91 Å². The first-order chi connectivity index (χ1) is 13.4. The number of halogens is 3. The number of carbonyl (C=O) groups excluding carboxylic acids is 1. The van der Waals surface area contributed by atoms with E-state index in [1.54, 1.807) is 73.7 Å². The number of anilines is 1. The zero-order valence-corrected chi connectivity index (χ0v) is 17.1. The molecule has 0 unspecified atom stereocenters. The lowest BCUT2D eigenvalue weighted by molar-refractivity contribution is -0.122. The van der Waals surface area contributed by atoms with E-state index < -0.39 is 6.10 Å². The maximum absolute atomic E-state index is 12.4. The van der Waals surface area contributed by atoms with Gasteiger partial charge in [-0.1, -0.05) is 34.8 Å². The standard InChI is InChI=1S/C21H16Cl3NO3/c1-13(27-20-11-4-15(23)12-19(20)24)21(26)25-16-5-9-18(10-6-16)28-17-7-2-14(22)3-8-17/h2-13H,1H3,(H,25,26)/t13-/m0/s1. The van der Waals surface area contributed by atoms with E-state index in [4.69, 9.17) is 44.3 Å². The monoisotopic (exact) mass is 435 g/mol. The molecule has 1 N–H and O–H groups in total. The molecule has 3 rings (SSSR count). The first-order valence-corrected chi connectivity index (χ1v) is 9.50. The average Bonchev–Trinajstić information content (AvgIpc) is 2.67. The van der Waals surface area contributed by atoms with Crippen LogP contribution in [-0.2, 0) is 4.79 Å². The number of nitrogens with one attached hydrogen (secondary N) is 1. The molecule has 1 atom stereocenters. The molecule has 0 spiro atoms. The summed E-state index contributed by atoms with van der Waals surface area (Å²) in [7, 11) is 0. The number of ether oxygens (including phenoxy) is 2. The van der Waals surface area contributed by atoms with E-state index in [2.05, 4.69) is 5.32 Å². The Kier molecular flexibility index (Phi) is 6.68. The summed E-state index contributed by atoms with van der Waals surface area (Å²) >= 11 is 17.8. The third-order valence-corrected chi connectivity index (χ3v) is 4.52. The largest absolute Gasteiger partial charge is 0.479 e. The summed E-state index contributed by atoms with van der Waals surface area (Å²) in [5.41, 5.74) is 0.617. The Hall–Kier alpha value is -2.40. The van der Waals surface area contributed by atoms with Gasteiger partial charge in [0.15, 0.2) is 6.10 Å². The van der Waals surface area contributed by atoms with Gasteiger partial charge >= 0.3 is 0 Å². The van der Waals surface area contributed by atoms with Gasteiger partial charge in [-0.2, -0.15) is 0 Å². The molecule has 0 saturated heterocycles. The molecule has 0 aromatic heterocycles. The Morgan fingerprint density at radius 2 is 1.43 bits per heavy atom. The zero-order chi connectivity index (χ0) is 20.1. The molecule has 1 amide bonds. The van der Waals surface area contributed by atoms with E-state index in [-0.39, 0.29) is 5.91 Å². The number of hydrogen-bond acceptors (Lipinski definition) is 3. The van der Waals surface area contributed by atoms with Crippen LogP contribution in [0.15, 0.2) is 66.7 Å². The van der Waals surface area contributed by atoms with Crippen molar-refractivity contribution in [2.75, 3.05) is 5.32 Å². The van der Waals surface area contributed by atoms with Gasteiger partial charge in [-0.25, -0.2) is 0 Å². The van der Waals surface area contributed by atoms with Gasteiger partial charge in [-0.15, -0.1) is 0 Å². The maximum Gasteiger partial charge on any atom is 0.265 e. The summed E-state index contributed by atoms with van der Waals surface area (Å²) in [5.74, 6) is 1.39. The fourth-order valence-corrected chi connectivity index (χ4v) is 2.88. The van der Waals surface area contributed by atoms with E-state index in [1.165, 1.54) is 0 Å². The van der Waals surface area contributed by atoms with E-state index >= 15 is 0 Å². The summed E-state index contributed by atoms with van der Waals surface area (Å²) in [6, 6.07) is 18.9. The lowest BCUT2D eigenvalue weighted by atomic mass is 10.2. The molecule has 7 heteroatoms. The van der Waals surface area contributed by atoms with Crippen LogP contribution in [0.4, 0.5) is 5.69 Å². The highest BCUT2D eigenvalue weighted by Crippen LogP contribution is 2.29. The van der Waals surface area contributed by atoms with Crippen molar-refractivity contribution in [3.8, 4) is 17.2 Å². The highest BCUT2D eigenvalue weighted by atomic mass is 35.5. The van der Waals surface area contributed by atoms with Crippen LogP contribution in [0.1, 0.15) is 6.92 Å². The predicted octanol–water partition coefficient (Wildman–Crippen LogP) is 6.85. The van der Waals surface area contributed by atoms with E-state index in [9.17, 15) is 4.79 Å². The lowest BCUT2D eigenvalue weighted by Crippen LogP contribution is -2.30. The molecule has 0 heterocycles. The normalized spacial score (nSPS) is 11.6. The SMILES string of the molecule is C[C@H](Oc1ccc(Cl)cc1Cl)C(=O)Nc1ccc(Oc2ccc(Cl)cc2)cc1. The van der Waals surface area contributed by atoms with Gasteiger partial charge in [-0.3, -0.25) is 4.79 Å². The Morgan fingerprint density at radius 1 is 0.857 bits per heavy atom. The molecule has 0 aliphatic rings. The van der Waals surface area contributed by atoms with Crippen molar-refractivity contribution in [2.24, 2.45) is 0 Å². The Morgan fingerprint density at radius 3 is 2.04 bits per heavy atom. The highest BCUT2D eigenvalue weighted by Gasteiger charge is 2.16. The van der Waals surface area contributed by atoms with Crippen LogP contribution < -0.4 is 14.8 Å². The molecule has 28 heavy (non-hydrogen) atoms. The highest BCUT2D eigenvalue weighted by molar-refractivity contribution is 6.35. The second kappa shape index (κ2) is 9.20. The van der Waals surface area contributed by atoms with Crippen molar-refractivity contribution < 1.29 is 14.3 Å². The minimum absolute atomic E-state index is 0.308. The van der Waals surface area contributed by atoms with Crippen LogP contribution in [0.2, 0.25) is 15.1 Å². The molecule has 0 bridgehead atoms. The average molecular weight is 437 g/mol. The smallest absolute Gasteiger partial charge is 0.265 e. The Bertz CT molecular complexity index is 960. The summed E-state index contributed by atoms with van der Waals surface area (Å²) in [6.07, 6.45) is -0.747. The van der Waals surface area contributed by atoms with Crippen molar-refractivity contribution >= 4 is 46.4 Å². The van der Waals surface area contributed by atoms with Gasteiger partial charge in [0, 0.05) is 15.7 Å². The molecular formula is C21H16Cl3NO3. The first kappa shape index (κ1) is 20.3. The third-order valence-electron chi connectivity index (χ3n) is 3.74. The number of amides is 1. The molecular weight excluding hydrogens is 421 g/mol. The molecule has 0 fully saturated rings. The summed E-state index contributed by atoms with van der Waals surface area (Å²) in [6.45, 7) is 1.64. The summed E-state index contributed by atoms with van der Waals surface area (Å²) < 4.78 is 11.3. The maximum atomic E-state index is 12.4. The number of benzene rings is 3. The minimum atomic E-state index is -0.747. The Labute approximate surface area is 177 Å². The summed E-state index contributed by atoms with van der Waals surface area (Å²) in [4.78, 5) is 12.4. The molecule has 144 valence electrons. The fraction of sp³-hybridized carbons (Fsp3) is 0.0952. The summed E-state index contributed by atoms with van der Waals surface area (Å²) in [5, 5.41) is 4.26.